The quantitative estimate of drug-likeness (QED) is 0.868. The molecule has 6 heteroatoms. The Hall–Kier alpha value is -2.63. The molecule has 0 N–H and O–H groups in total. The van der Waals surface area contributed by atoms with Crippen molar-refractivity contribution >= 4 is 5.91 Å². The number of rotatable bonds is 3. The van der Waals surface area contributed by atoms with Gasteiger partial charge in [0.25, 0.3) is 5.91 Å². The van der Waals surface area contributed by atoms with Crippen molar-refractivity contribution in [1.29, 1.82) is 0 Å². The number of carbonyl (C=O) groups excluding carboxylic acids is 1. The predicted octanol–water partition coefficient (Wildman–Crippen LogP) is 2.77. The van der Waals surface area contributed by atoms with E-state index in [1.54, 1.807) is 24.0 Å². The lowest BCUT2D eigenvalue weighted by Crippen LogP contribution is -2.41. The summed E-state index contributed by atoms with van der Waals surface area (Å²) in [4.78, 5) is 25.4. The second-order valence-corrected chi connectivity index (χ2v) is 5.84. The molecule has 0 bridgehead atoms. The third-order valence-corrected chi connectivity index (χ3v) is 3.97. The minimum atomic E-state index is -0.441. The second kappa shape index (κ2) is 6.86. The fourth-order valence-corrected chi connectivity index (χ4v) is 2.82. The second-order valence-electron chi connectivity index (χ2n) is 5.84. The normalized spacial score (nSPS) is 15.3. The van der Waals surface area contributed by atoms with Crippen LogP contribution in [0.15, 0.2) is 45.6 Å². The summed E-state index contributed by atoms with van der Waals surface area (Å²) in [5, 5.41) is 0. The maximum Gasteiger partial charge on any atom is 0.339 e. The number of ether oxygens (including phenoxy) is 1. The van der Waals surface area contributed by atoms with Crippen molar-refractivity contribution in [1.82, 2.24) is 4.90 Å². The molecule has 2 aromatic rings. The van der Waals surface area contributed by atoms with Crippen molar-refractivity contribution in [2.24, 2.45) is 0 Å². The molecule has 0 spiro atoms. The van der Waals surface area contributed by atoms with Crippen LogP contribution < -0.4 is 10.4 Å². The largest absolute Gasteiger partial charge is 0.490 e. The first-order valence-electron chi connectivity index (χ1n) is 7.84. The maximum absolute atomic E-state index is 13.2. The van der Waals surface area contributed by atoms with Crippen LogP contribution in [0.5, 0.6) is 5.75 Å². The summed E-state index contributed by atoms with van der Waals surface area (Å²) in [7, 11) is 0. The van der Waals surface area contributed by atoms with E-state index in [2.05, 4.69) is 0 Å². The van der Waals surface area contributed by atoms with Gasteiger partial charge in [-0.25, -0.2) is 9.18 Å². The Morgan fingerprint density at radius 1 is 1.25 bits per heavy atom. The molecular weight excluding hydrogens is 313 g/mol. The van der Waals surface area contributed by atoms with Crippen LogP contribution in [0.25, 0.3) is 0 Å². The third kappa shape index (κ3) is 3.82. The first-order valence-corrected chi connectivity index (χ1v) is 7.84. The molecule has 0 atom stereocenters. The smallest absolute Gasteiger partial charge is 0.339 e. The molecule has 3 rings (SSSR count). The first-order chi connectivity index (χ1) is 11.5. The number of benzene rings is 1. The highest BCUT2D eigenvalue weighted by atomic mass is 19.1. The maximum atomic E-state index is 13.2. The molecule has 1 aliphatic rings. The van der Waals surface area contributed by atoms with Gasteiger partial charge >= 0.3 is 5.63 Å². The average Bonchev–Trinajstić information content (AvgIpc) is 2.54. The van der Waals surface area contributed by atoms with Gasteiger partial charge in [-0.2, -0.15) is 0 Å². The van der Waals surface area contributed by atoms with Gasteiger partial charge in [0.1, 0.15) is 23.4 Å². The lowest BCUT2D eigenvalue weighted by molar-refractivity contribution is 0.0594. The van der Waals surface area contributed by atoms with E-state index in [9.17, 15) is 14.0 Å². The Morgan fingerprint density at radius 2 is 2.00 bits per heavy atom. The zero-order valence-corrected chi connectivity index (χ0v) is 13.3. The third-order valence-electron chi connectivity index (χ3n) is 3.97. The van der Waals surface area contributed by atoms with E-state index in [0.29, 0.717) is 43.0 Å². The van der Waals surface area contributed by atoms with Crippen molar-refractivity contribution in [2.75, 3.05) is 13.1 Å². The monoisotopic (exact) mass is 331 g/mol. The molecule has 0 unspecified atom stereocenters. The summed E-state index contributed by atoms with van der Waals surface area (Å²) in [6.07, 6.45) is 1.24. The van der Waals surface area contributed by atoms with E-state index in [0.717, 1.165) is 0 Å². The molecule has 1 amide bonds. The molecule has 5 nitrogen and oxygen atoms in total. The molecule has 1 saturated heterocycles. The van der Waals surface area contributed by atoms with Crippen LogP contribution in [0.3, 0.4) is 0 Å². The van der Waals surface area contributed by atoms with Gasteiger partial charge in [-0.05, 0) is 25.1 Å². The standard InChI is InChI=1S/C18H18FNO4/c1-12-9-16(11-17(21)23-12)24-15-5-7-20(8-6-15)18(22)13-3-2-4-14(19)10-13/h2-4,9-11,15H,5-8H2,1H3. The summed E-state index contributed by atoms with van der Waals surface area (Å²) in [5.74, 6) is 0.386. The van der Waals surface area contributed by atoms with Crippen LogP contribution >= 0.6 is 0 Å². The zero-order valence-electron chi connectivity index (χ0n) is 13.3. The highest BCUT2D eigenvalue weighted by Crippen LogP contribution is 2.20. The Bertz CT molecular complexity index is 794. The van der Waals surface area contributed by atoms with Crippen molar-refractivity contribution < 1.29 is 18.3 Å². The molecule has 2 heterocycles. The van der Waals surface area contributed by atoms with E-state index >= 15 is 0 Å². The number of likely N-dealkylation sites (tertiary alicyclic amines) is 1. The summed E-state index contributed by atoms with van der Waals surface area (Å²) in [5.41, 5.74) is -0.0885. The van der Waals surface area contributed by atoms with Crippen LogP contribution in [0, 0.1) is 12.7 Å². The highest BCUT2D eigenvalue weighted by molar-refractivity contribution is 5.94. The van der Waals surface area contributed by atoms with Crippen molar-refractivity contribution in [3.05, 3.63) is 64.0 Å². The predicted molar refractivity (Wildman–Crippen MR) is 85.7 cm³/mol. The van der Waals surface area contributed by atoms with Gasteiger partial charge in [0, 0.05) is 37.6 Å². The SMILES string of the molecule is Cc1cc(OC2CCN(C(=O)c3cccc(F)c3)CC2)cc(=O)o1. The molecule has 0 aliphatic carbocycles. The molecule has 126 valence electrons. The summed E-state index contributed by atoms with van der Waals surface area (Å²) in [6.45, 7) is 2.75. The average molecular weight is 331 g/mol. The zero-order chi connectivity index (χ0) is 17.1. The Morgan fingerprint density at radius 3 is 2.67 bits per heavy atom. The minimum absolute atomic E-state index is 0.0669. The number of piperidine rings is 1. The lowest BCUT2D eigenvalue weighted by Gasteiger charge is -2.32. The highest BCUT2D eigenvalue weighted by Gasteiger charge is 2.25. The number of halogens is 1. The fourth-order valence-electron chi connectivity index (χ4n) is 2.82. The fraction of sp³-hybridized carbons (Fsp3) is 0.333. The van der Waals surface area contributed by atoms with Gasteiger partial charge in [-0.1, -0.05) is 6.07 Å². The molecular formula is C18H18FNO4. The summed E-state index contributed by atoms with van der Waals surface area (Å²) >= 11 is 0. The summed E-state index contributed by atoms with van der Waals surface area (Å²) < 4.78 is 23.9. The molecule has 24 heavy (non-hydrogen) atoms. The van der Waals surface area contributed by atoms with Crippen molar-refractivity contribution in [3.63, 3.8) is 0 Å². The van der Waals surface area contributed by atoms with E-state index in [-0.39, 0.29) is 12.0 Å². The van der Waals surface area contributed by atoms with E-state index in [1.165, 1.54) is 24.3 Å². The summed E-state index contributed by atoms with van der Waals surface area (Å²) in [6, 6.07) is 8.69. The Balaban J connectivity index is 1.59. The first kappa shape index (κ1) is 16.2. The molecule has 0 saturated carbocycles. The number of hydrogen-bond donors (Lipinski definition) is 0. The van der Waals surface area contributed by atoms with Crippen LogP contribution in [0.1, 0.15) is 29.0 Å². The topological polar surface area (TPSA) is 59.8 Å². The van der Waals surface area contributed by atoms with E-state index in [1.807, 2.05) is 0 Å². The Kier molecular flexibility index (Phi) is 4.64. The van der Waals surface area contributed by atoms with Gasteiger partial charge in [0.15, 0.2) is 0 Å². The molecule has 1 aromatic heterocycles. The number of nitrogens with zero attached hydrogens (tertiary/aromatic N) is 1. The molecule has 0 radical (unpaired) electrons. The van der Waals surface area contributed by atoms with Crippen molar-refractivity contribution in [2.45, 2.75) is 25.9 Å². The van der Waals surface area contributed by atoms with Crippen LogP contribution in [-0.4, -0.2) is 30.0 Å². The van der Waals surface area contributed by atoms with Gasteiger partial charge in [-0.15, -0.1) is 0 Å². The molecule has 1 aromatic carbocycles. The van der Waals surface area contributed by atoms with E-state index < -0.39 is 11.4 Å². The van der Waals surface area contributed by atoms with Crippen LogP contribution in [-0.2, 0) is 0 Å². The van der Waals surface area contributed by atoms with Crippen molar-refractivity contribution in [3.8, 4) is 5.75 Å². The minimum Gasteiger partial charge on any atom is -0.490 e. The Labute approximate surface area is 138 Å². The molecule has 1 aliphatic heterocycles. The van der Waals surface area contributed by atoms with Gasteiger partial charge < -0.3 is 14.1 Å². The lowest BCUT2D eigenvalue weighted by atomic mass is 10.1. The van der Waals surface area contributed by atoms with Crippen LogP contribution in [0.4, 0.5) is 4.39 Å². The van der Waals surface area contributed by atoms with Gasteiger partial charge in [-0.3, -0.25) is 4.79 Å². The van der Waals surface area contributed by atoms with Gasteiger partial charge in [0.2, 0.25) is 0 Å². The number of hydrogen-bond acceptors (Lipinski definition) is 4. The molecule has 1 fully saturated rings. The number of amides is 1. The van der Waals surface area contributed by atoms with E-state index in [4.69, 9.17) is 9.15 Å². The van der Waals surface area contributed by atoms with Gasteiger partial charge in [0.05, 0.1) is 6.07 Å². The number of carbonyl (C=O) groups is 1. The van der Waals surface area contributed by atoms with Crippen LogP contribution in [0.2, 0.25) is 0 Å². The number of aryl methyl sites for hydroxylation is 1.